The Morgan fingerprint density at radius 1 is 1.17 bits per heavy atom. The summed E-state index contributed by atoms with van der Waals surface area (Å²) in [5.41, 5.74) is 1.95. The molecule has 0 saturated carbocycles. The van der Waals surface area contributed by atoms with E-state index < -0.39 is 0 Å². The van der Waals surface area contributed by atoms with Gasteiger partial charge in [-0.3, -0.25) is 14.3 Å². The molecular formula is C18H23N3O2. The molecule has 0 saturated heterocycles. The summed E-state index contributed by atoms with van der Waals surface area (Å²) >= 11 is 0. The molecule has 1 aromatic heterocycles. The Hall–Kier alpha value is -2.30. The van der Waals surface area contributed by atoms with Crippen LogP contribution in [0.15, 0.2) is 39.9 Å². The molecule has 0 amide bonds. The number of H-pyrrole nitrogens is 1. The predicted octanol–water partition coefficient (Wildman–Crippen LogP) is 3.17. The van der Waals surface area contributed by atoms with E-state index in [0.29, 0.717) is 11.7 Å². The molecule has 0 unspecified atom stereocenters. The molecule has 1 aromatic carbocycles. The van der Waals surface area contributed by atoms with Crippen molar-refractivity contribution < 1.29 is 0 Å². The standard InChI is InChI=1S/C18H23N3O2/c1-11(2)21-17(22)10-16(20-18(21)23)19-15-9-8-12(3)13-6-4-5-7-14(13)15/h4-7,10-12,15,19H,8-9H2,1-3H3,(H,20,23)/t12-,15-/m0/s1. The van der Waals surface area contributed by atoms with Crippen molar-refractivity contribution in [2.75, 3.05) is 5.32 Å². The molecular weight excluding hydrogens is 290 g/mol. The van der Waals surface area contributed by atoms with Gasteiger partial charge in [0.1, 0.15) is 5.82 Å². The fraction of sp³-hybridized carbons (Fsp3) is 0.444. The quantitative estimate of drug-likeness (QED) is 0.914. The van der Waals surface area contributed by atoms with Crippen molar-refractivity contribution in [2.24, 2.45) is 0 Å². The summed E-state index contributed by atoms with van der Waals surface area (Å²) in [5.74, 6) is 1.03. The van der Waals surface area contributed by atoms with Crippen LogP contribution in [0.2, 0.25) is 0 Å². The van der Waals surface area contributed by atoms with Crippen molar-refractivity contribution in [3.63, 3.8) is 0 Å². The van der Waals surface area contributed by atoms with Crippen LogP contribution in [0, 0.1) is 0 Å². The fourth-order valence-corrected chi connectivity index (χ4v) is 3.41. The molecule has 2 atom stereocenters. The number of hydrogen-bond acceptors (Lipinski definition) is 3. The average Bonchev–Trinajstić information content (AvgIpc) is 2.49. The van der Waals surface area contributed by atoms with E-state index in [9.17, 15) is 9.59 Å². The lowest BCUT2D eigenvalue weighted by Crippen LogP contribution is -2.36. The van der Waals surface area contributed by atoms with E-state index >= 15 is 0 Å². The molecule has 5 nitrogen and oxygen atoms in total. The molecule has 0 bridgehead atoms. The van der Waals surface area contributed by atoms with Crippen LogP contribution in [0.5, 0.6) is 0 Å². The third kappa shape index (κ3) is 2.96. The number of nitrogens with one attached hydrogen (secondary N) is 2. The minimum Gasteiger partial charge on any atom is -0.365 e. The van der Waals surface area contributed by atoms with Gasteiger partial charge >= 0.3 is 5.69 Å². The van der Waals surface area contributed by atoms with Gasteiger partial charge in [-0.2, -0.15) is 0 Å². The minimum atomic E-state index is -0.368. The molecule has 0 radical (unpaired) electrons. The van der Waals surface area contributed by atoms with E-state index in [1.54, 1.807) is 0 Å². The van der Waals surface area contributed by atoms with E-state index in [1.807, 2.05) is 19.9 Å². The number of fused-ring (bicyclic) bond motifs is 1. The van der Waals surface area contributed by atoms with Crippen LogP contribution >= 0.6 is 0 Å². The predicted molar refractivity (Wildman–Crippen MR) is 92.2 cm³/mol. The van der Waals surface area contributed by atoms with Gasteiger partial charge in [0.15, 0.2) is 0 Å². The van der Waals surface area contributed by atoms with Gasteiger partial charge in [-0.1, -0.05) is 31.2 Å². The lowest BCUT2D eigenvalue weighted by Gasteiger charge is -2.30. The zero-order chi connectivity index (χ0) is 16.6. The first-order chi connectivity index (χ1) is 11.0. The molecule has 1 aliphatic carbocycles. The van der Waals surface area contributed by atoms with Crippen molar-refractivity contribution >= 4 is 5.82 Å². The third-order valence-corrected chi connectivity index (χ3v) is 4.60. The molecule has 1 heterocycles. The Labute approximate surface area is 135 Å². The minimum absolute atomic E-state index is 0.118. The maximum atomic E-state index is 12.1. The van der Waals surface area contributed by atoms with Crippen LogP contribution in [-0.2, 0) is 0 Å². The highest BCUT2D eigenvalue weighted by Gasteiger charge is 2.24. The summed E-state index contributed by atoms with van der Waals surface area (Å²) in [4.78, 5) is 27.0. The van der Waals surface area contributed by atoms with Crippen LogP contribution in [0.3, 0.4) is 0 Å². The van der Waals surface area contributed by atoms with Crippen molar-refractivity contribution in [1.82, 2.24) is 9.55 Å². The van der Waals surface area contributed by atoms with Crippen molar-refractivity contribution in [3.05, 3.63) is 62.3 Å². The molecule has 3 rings (SSSR count). The number of nitrogens with zero attached hydrogens (tertiary/aromatic N) is 1. The first kappa shape index (κ1) is 15.6. The molecule has 1 aliphatic rings. The molecule has 2 N–H and O–H groups in total. The van der Waals surface area contributed by atoms with Gasteiger partial charge in [0.25, 0.3) is 5.56 Å². The molecule has 0 fully saturated rings. The normalized spacial score (nSPS) is 20.3. The van der Waals surface area contributed by atoms with Crippen LogP contribution < -0.4 is 16.6 Å². The van der Waals surface area contributed by atoms with Crippen LogP contribution in [0.4, 0.5) is 5.82 Å². The first-order valence-corrected chi connectivity index (χ1v) is 8.18. The summed E-state index contributed by atoms with van der Waals surface area (Å²) in [6, 6.07) is 9.81. The van der Waals surface area contributed by atoms with Crippen molar-refractivity contribution in [1.29, 1.82) is 0 Å². The van der Waals surface area contributed by atoms with Crippen molar-refractivity contribution in [3.8, 4) is 0 Å². The second kappa shape index (κ2) is 6.07. The number of hydrogen-bond donors (Lipinski definition) is 2. The monoisotopic (exact) mass is 313 g/mol. The van der Waals surface area contributed by atoms with Crippen LogP contribution in [-0.4, -0.2) is 9.55 Å². The van der Waals surface area contributed by atoms with Gasteiger partial charge in [-0.25, -0.2) is 4.79 Å². The molecule has 0 aliphatic heterocycles. The largest absolute Gasteiger partial charge is 0.365 e. The van der Waals surface area contributed by atoms with E-state index in [-0.39, 0.29) is 23.3 Å². The number of aromatic amines is 1. The second-order valence-electron chi connectivity index (χ2n) is 6.59. The fourth-order valence-electron chi connectivity index (χ4n) is 3.41. The average molecular weight is 313 g/mol. The van der Waals surface area contributed by atoms with Gasteiger partial charge in [0, 0.05) is 12.1 Å². The van der Waals surface area contributed by atoms with Gasteiger partial charge in [-0.15, -0.1) is 0 Å². The number of rotatable bonds is 3. The summed E-state index contributed by atoms with van der Waals surface area (Å²) in [6.07, 6.45) is 2.06. The van der Waals surface area contributed by atoms with Gasteiger partial charge in [0.2, 0.25) is 0 Å². The Morgan fingerprint density at radius 3 is 2.52 bits per heavy atom. The summed E-state index contributed by atoms with van der Waals surface area (Å²) < 4.78 is 1.22. The summed E-state index contributed by atoms with van der Waals surface area (Å²) in [7, 11) is 0. The third-order valence-electron chi connectivity index (χ3n) is 4.60. The Kier molecular flexibility index (Phi) is 4.11. The Balaban J connectivity index is 1.93. The highest BCUT2D eigenvalue weighted by molar-refractivity contribution is 5.42. The zero-order valence-electron chi connectivity index (χ0n) is 13.8. The molecule has 122 valence electrons. The van der Waals surface area contributed by atoms with Crippen molar-refractivity contribution in [2.45, 2.75) is 51.6 Å². The van der Waals surface area contributed by atoms with E-state index in [2.05, 4.69) is 35.4 Å². The van der Waals surface area contributed by atoms with Gasteiger partial charge < -0.3 is 5.32 Å². The van der Waals surface area contributed by atoms with Crippen LogP contribution in [0.1, 0.15) is 62.7 Å². The number of anilines is 1. The highest BCUT2D eigenvalue weighted by Crippen LogP contribution is 2.38. The molecule has 2 aromatic rings. The smallest absolute Gasteiger partial charge is 0.330 e. The summed E-state index contributed by atoms with van der Waals surface area (Å²) in [5, 5.41) is 3.34. The topological polar surface area (TPSA) is 66.9 Å². The maximum Gasteiger partial charge on any atom is 0.330 e. The highest BCUT2D eigenvalue weighted by atomic mass is 16.2. The molecule has 0 spiro atoms. The first-order valence-electron chi connectivity index (χ1n) is 8.18. The van der Waals surface area contributed by atoms with E-state index in [4.69, 9.17) is 0 Å². The second-order valence-corrected chi connectivity index (χ2v) is 6.59. The van der Waals surface area contributed by atoms with E-state index in [0.717, 1.165) is 12.8 Å². The van der Waals surface area contributed by atoms with Crippen LogP contribution in [0.25, 0.3) is 0 Å². The molecule has 23 heavy (non-hydrogen) atoms. The lowest BCUT2D eigenvalue weighted by molar-refractivity contribution is 0.528. The Bertz CT molecular complexity index is 788. The maximum absolute atomic E-state index is 12.1. The number of aromatic nitrogens is 2. The zero-order valence-corrected chi connectivity index (χ0v) is 13.8. The Morgan fingerprint density at radius 2 is 1.87 bits per heavy atom. The molecule has 5 heteroatoms. The lowest BCUT2D eigenvalue weighted by atomic mass is 9.81. The van der Waals surface area contributed by atoms with E-state index in [1.165, 1.54) is 21.8 Å². The van der Waals surface area contributed by atoms with Gasteiger partial charge in [-0.05, 0) is 43.7 Å². The summed E-state index contributed by atoms with van der Waals surface area (Å²) in [6.45, 7) is 5.88. The number of benzene rings is 1. The van der Waals surface area contributed by atoms with Gasteiger partial charge in [0.05, 0.1) is 6.04 Å². The SMILES string of the molecule is CC(C)n1c(=O)cc(N[C@H]2CC[C@H](C)c3ccccc32)[nH]c1=O.